The van der Waals surface area contributed by atoms with E-state index in [2.05, 4.69) is 10.3 Å². The predicted octanol–water partition coefficient (Wildman–Crippen LogP) is 0.895. The van der Waals surface area contributed by atoms with Crippen LogP contribution in [0.1, 0.15) is 24.8 Å². The van der Waals surface area contributed by atoms with Crippen molar-refractivity contribution in [2.75, 3.05) is 12.4 Å². The number of rotatable bonds is 1. The van der Waals surface area contributed by atoms with Gasteiger partial charge in [0.15, 0.2) is 0 Å². The van der Waals surface area contributed by atoms with Gasteiger partial charge in [-0.1, -0.05) is 18.0 Å². The van der Waals surface area contributed by atoms with Crippen LogP contribution in [0.4, 0.5) is 5.69 Å². The molecule has 3 N–H and O–H groups in total. The highest BCUT2D eigenvalue weighted by molar-refractivity contribution is 6.63. The molecule has 0 atom stereocenters. The van der Waals surface area contributed by atoms with Gasteiger partial charge >= 0.3 is 7.12 Å². The molecule has 6 heteroatoms. The van der Waals surface area contributed by atoms with Gasteiger partial charge in [0.25, 0.3) is 0 Å². The van der Waals surface area contributed by atoms with Gasteiger partial charge < -0.3 is 15.4 Å². The van der Waals surface area contributed by atoms with Crippen molar-refractivity contribution in [1.29, 1.82) is 0 Å². The third kappa shape index (κ3) is 1.44. The Morgan fingerprint density at radius 2 is 2.11 bits per heavy atom. The average molecular weight is 265 g/mol. The Kier molecular flexibility index (Phi) is 2.66. The first-order chi connectivity index (χ1) is 8.58. The van der Waals surface area contributed by atoms with Crippen LogP contribution in [0.5, 0.6) is 0 Å². The number of hydrogen-bond acceptors (Lipinski definition) is 3. The van der Waals surface area contributed by atoms with Gasteiger partial charge in [-0.15, -0.1) is 0 Å². The van der Waals surface area contributed by atoms with Gasteiger partial charge in [0.2, 0.25) is 0 Å². The number of hydrogen-bond donors (Lipinski definition) is 3. The molecule has 0 unspecified atom stereocenters. The first-order valence-electron chi connectivity index (χ1n) is 6.03. The van der Waals surface area contributed by atoms with E-state index in [1.54, 1.807) is 13.1 Å². The van der Waals surface area contributed by atoms with E-state index in [9.17, 15) is 10.0 Å². The largest absolute Gasteiger partial charge is 0.490 e. The molecule has 3 rings (SSSR count). The third-order valence-electron chi connectivity index (χ3n) is 4.07. The highest BCUT2D eigenvalue weighted by atomic mass is 35.5. The fraction of sp³-hybridized carbons (Fsp3) is 0.417. The summed E-state index contributed by atoms with van der Waals surface area (Å²) in [6, 6.07) is 3.55. The summed E-state index contributed by atoms with van der Waals surface area (Å²) in [5, 5.41) is 22.2. The molecule has 0 radical (unpaired) electrons. The van der Waals surface area contributed by atoms with Gasteiger partial charge in [0.05, 0.1) is 5.41 Å². The minimum Gasteiger partial charge on any atom is -0.423 e. The van der Waals surface area contributed by atoms with Crippen LogP contribution in [0.25, 0.3) is 0 Å². The van der Waals surface area contributed by atoms with Crippen LogP contribution in [-0.4, -0.2) is 30.0 Å². The van der Waals surface area contributed by atoms with Crippen molar-refractivity contribution in [2.24, 2.45) is 4.99 Å². The van der Waals surface area contributed by atoms with Crippen LogP contribution in [-0.2, 0) is 5.41 Å². The molecule has 1 spiro atoms. The zero-order valence-electron chi connectivity index (χ0n) is 10.1. The average Bonchev–Trinajstić information content (AvgIpc) is 2.60. The lowest BCUT2D eigenvalue weighted by Crippen LogP contribution is -2.41. The highest BCUT2D eigenvalue weighted by Gasteiger charge is 2.49. The van der Waals surface area contributed by atoms with E-state index in [4.69, 9.17) is 11.6 Å². The molecule has 0 saturated heterocycles. The van der Waals surface area contributed by atoms with Gasteiger partial charge in [-0.3, -0.25) is 4.99 Å². The molecular weight excluding hydrogens is 250 g/mol. The van der Waals surface area contributed by atoms with Crippen molar-refractivity contribution in [2.45, 2.75) is 24.7 Å². The minimum absolute atomic E-state index is 0.0212. The fourth-order valence-electron chi connectivity index (χ4n) is 2.97. The number of anilines is 1. The Morgan fingerprint density at radius 3 is 2.61 bits per heavy atom. The smallest absolute Gasteiger partial charge is 0.423 e. The summed E-state index contributed by atoms with van der Waals surface area (Å²) >= 11 is 6.11. The van der Waals surface area contributed by atoms with E-state index in [0.717, 1.165) is 29.9 Å². The zero-order chi connectivity index (χ0) is 12.9. The molecule has 4 nitrogen and oxygen atoms in total. The maximum absolute atomic E-state index is 9.27. The minimum atomic E-state index is -1.55. The number of fused-ring (bicyclic) bond motifs is 2. The van der Waals surface area contributed by atoms with E-state index in [1.807, 2.05) is 6.07 Å². The van der Waals surface area contributed by atoms with Crippen molar-refractivity contribution in [3.8, 4) is 0 Å². The summed E-state index contributed by atoms with van der Waals surface area (Å²) in [5.41, 5.74) is 2.33. The second-order valence-electron chi connectivity index (χ2n) is 4.93. The zero-order valence-corrected chi connectivity index (χ0v) is 10.8. The quantitative estimate of drug-likeness (QED) is 0.660. The molecule has 1 aliphatic carbocycles. The Morgan fingerprint density at radius 1 is 1.39 bits per heavy atom. The normalized spacial score (nSPS) is 21.7. The Labute approximate surface area is 111 Å². The highest BCUT2D eigenvalue weighted by Crippen LogP contribution is 2.51. The SMILES string of the molecule is CN=C1Nc2cc(B(O)O)c(Cl)cc2C12CCC2. The molecule has 94 valence electrons. The van der Waals surface area contributed by atoms with Crippen molar-refractivity contribution < 1.29 is 10.0 Å². The topological polar surface area (TPSA) is 64.9 Å². The van der Waals surface area contributed by atoms with Crippen molar-refractivity contribution in [3.05, 3.63) is 22.7 Å². The maximum atomic E-state index is 9.27. The van der Waals surface area contributed by atoms with Crippen LogP contribution >= 0.6 is 11.6 Å². The first-order valence-corrected chi connectivity index (χ1v) is 6.40. The van der Waals surface area contributed by atoms with E-state index in [-0.39, 0.29) is 5.41 Å². The Balaban J connectivity index is 2.15. The molecule has 0 amide bonds. The van der Waals surface area contributed by atoms with E-state index >= 15 is 0 Å². The molecule has 0 bridgehead atoms. The van der Waals surface area contributed by atoms with Gasteiger partial charge in [-0.25, -0.2) is 0 Å². The van der Waals surface area contributed by atoms with Gasteiger partial charge in [-0.2, -0.15) is 0 Å². The number of benzene rings is 1. The molecule has 1 heterocycles. The van der Waals surface area contributed by atoms with Crippen LogP contribution in [0.2, 0.25) is 5.02 Å². The lowest BCUT2D eigenvalue weighted by molar-refractivity contribution is 0.347. The molecule has 1 saturated carbocycles. The molecule has 1 aliphatic heterocycles. The Bertz CT molecular complexity index is 541. The number of nitrogens with zero attached hydrogens (tertiary/aromatic N) is 1. The molecule has 1 aromatic rings. The Hall–Kier alpha value is -1.04. The monoisotopic (exact) mass is 264 g/mol. The van der Waals surface area contributed by atoms with Crippen LogP contribution in [0.3, 0.4) is 0 Å². The number of halogens is 1. The molecule has 0 aromatic heterocycles. The molecule has 1 fully saturated rings. The van der Waals surface area contributed by atoms with Crippen LogP contribution in [0.15, 0.2) is 17.1 Å². The van der Waals surface area contributed by atoms with Gasteiger partial charge in [-0.05, 0) is 30.5 Å². The fourth-order valence-corrected chi connectivity index (χ4v) is 3.23. The standard InChI is InChI=1S/C12H14BClN2O2/c1-15-11-12(3-2-4-12)7-5-9(14)8(13(17)18)6-10(7)16-11/h5-6,17-18H,2-4H2,1H3,(H,15,16). The summed E-state index contributed by atoms with van der Waals surface area (Å²) < 4.78 is 0. The summed E-state index contributed by atoms with van der Waals surface area (Å²) in [5.74, 6) is 0.962. The molecule has 18 heavy (non-hydrogen) atoms. The number of nitrogens with one attached hydrogen (secondary N) is 1. The van der Waals surface area contributed by atoms with E-state index in [0.29, 0.717) is 10.5 Å². The molecule has 2 aliphatic rings. The first kappa shape index (κ1) is 12.0. The lowest BCUT2D eigenvalue weighted by atomic mass is 9.64. The maximum Gasteiger partial charge on any atom is 0.490 e. The lowest BCUT2D eigenvalue weighted by Gasteiger charge is -2.38. The van der Waals surface area contributed by atoms with Gasteiger partial charge in [0.1, 0.15) is 5.84 Å². The summed E-state index contributed by atoms with van der Waals surface area (Å²) in [7, 11) is 0.224. The van der Waals surface area contributed by atoms with Crippen molar-refractivity contribution in [1.82, 2.24) is 0 Å². The van der Waals surface area contributed by atoms with Crippen LogP contribution < -0.4 is 10.8 Å². The van der Waals surface area contributed by atoms with Crippen molar-refractivity contribution in [3.63, 3.8) is 0 Å². The summed E-state index contributed by atoms with van der Waals surface area (Å²) in [4.78, 5) is 4.32. The third-order valence-corrected chi connectivity index (χ3v) is 4.39. The number of amidine groups is 1. The van der Waals surface area contributed by atoms with E-state index < -0.39 is 7.12 Å². The summed E-state index contributed by atoms with van der Waals surface area (Å²) in [6.45, 7) is 0. The summed E-state index contributed by atoms with van der Waals surface area (Å²) in [6.07, 6.45) is 3.32. The predicted molar refractivity (Wildman–Crippen MR) is 73.8 cm³/mol. The second kappa shape index (κ2) is 3.98. The van der Waals surface area contributed by atoms with Gasteiger partial charge in [0, 0.05) is 23.2 Å². The second-order valence-corrected chi connectivity index (χ2v) is 5.33. The number of aliphatic imine (C=N–C) groups is 1. The van der Waals surface area contributed by atoms with Crippen LogP contribution in [0, 0.1) is 0 Å². The van der Waals surface area contributed by atoms with Crippen molar-refractivity contribution >= 4 is 35.7 Å². The molecule has 1 aromatic carbocycles. The van der Waals surface area contributed by atoms with E-state index in [1.165, 1.54) is 6.42 Å². The molecular formula is C12H14BClN2O2.